The zero-order chi connectivity index (χ0) is 91.3. The summed E-state index contributed by atoms with van der Waals surface area (Å²) in [4.78, 5) is 55.5. The monoisotopic (exact) mass is 1770 g/mol. The summed E-state index contributed by atoms with van der Waals surface area (Å²) in [6, 6.07) is 9.21. The predicted molar refractivity (Wildman–Crippen MR) is 500 cm³/mol. The van der Waals surface area contributed by atoms with Gasteiger partial charge in [-0.05, 0) is 448 Å². The van der Waals surface area contributed by atoms with E-state index in [2.05, 4.69) is 111 Å². The van der Waals surface area contributed by atoms with Crippen molar-refractivity contribution in [2.24, 2.45) is 162 Å². The maximum Gasteiger partial charge on any atom is 0.159 e. The zero-order valence-electron chi connectivity index (χ0n) is 81.7. The van der Waals surface area contributed by atoms with Crippen molar-refractivity contribution in [2.45, 2.75) is 391 Å². The average Bonchev–Trinajstić information content (AvgIpc) is 1.57. The standard InChI is InChI=1S/C30H42N2O2.C29H40FN3O2.2C25H39N3O2/c1-19-5-10-26-20(15-19)17-32(31-26)18-27(33)25-9-8-23-22-7-6-21-16-28(2,34)13-14-29(21,3)24(22)11-12-30(23,25)4;1-17-13-19(30)14-24-26(17)31-32-33(24)16-25(34)23-8-7-21-20-6-5-18-15-27(2,35)11-12-28(18,3)22(20)9-10-29(21,23)4;1-16-14-26-27-28(16)15-22(29)21-8-7-19-18-6-5-17-13-23(2,30)11-12-24(17,3)20(18)9-10-25(19,21)4;1-16-14-26-28(27-16)15-22(29)21-8-7-19-18-6-5-17-13-23(2,30)11-12-24(17,3)20(18)9-10-25(19,21)4/h5,10,15,17,21-25,34H,6-9,11-14,16,18H2,1-4H3;13-14,18,20-23,35H,5-12,15-16H2,1-4H3;2*14,17-21,30H,5-13,15H2,1-4H3/t21-,22+,23+,24+,25-,28-,29+,30+;18-,20+,21+,22+,23-,27-,28+,29+;2*17-,18+,19+,20+,21-,23-,24+,25+/m1111/s1. The number of aliphatic hydroxyl groups is 4. The number of halogens is 1. The van der Waals surface area contributed by atoms with Crippen LogP contribution in [-0.4, -0.2) is 121 Å². The number of nitrogens with zero attached hydrogens (tertiary/aromatic N) is 11. The average molecular weight is 1770 g/mol. The van der Waals surface area contributed by atoms with Crippen molar-refractivity contribution in [3.63, 3.8) is 0 Å². The minimum atomic E-state index is -0.502. The van der Waals surface area contributed by atoms with Gasteiger partial charge in [-0.3, -0.25) is 23.9 Å². The fourth-order valence-electron chi connectivity index (χ4n) is 36.4. The molecule has 0 radical (unpaired) electrons. The highest BCUT2D eigenvalue weighted by Gasteiger charge is 2.68. The SMILES string of the molecule is Cc1cc(F)cc2c1nnn2CC(=O)[C@H]1CC[C@H]2[C@@H]3CC[C@@H]4C[C@](C)(O)CC[C@]4(C)[C@H]3CC[C@]12C.Cc1ccc2nn(CC(=O)[C@H]3CC[C@H]4[C@@H]5CC[C@@H]6C[C@](C)(O)CC[C@]6(C)[C@H]5CC[C@]34C)cc2c1.Cc1cnn(CC(=O)[C@H]2CC[C@H]3[C@@H]4CC[C@@H]5C[C@](C)(O)CC[C@]5(C)[C@H]4CC[C@]23C)n1.Cc1cnnn1CC(=O)[C@H]1CC[C@H]2[C@@H]3CC[C@@H]4C[C@](C)(O)CC[C@]4(C)[C@H]3CC[C@]12C. The van der Waals surface area contributed by atoms with E-state index in [1.54, 1.807) is 26.6 Å². The fraction of sp³-hybridized carbons (Fsp3) is 0.807. The first-order valence-corrected chi connectivity index (χ1v) is 52.0. The van der Waals surface area contributed by atoms with Gasteiger partial charge >= 0.3 is 0 Å². The number of hydrogen-bond acceptors (Lipinski definition) is 15. The number of aromatic nitrogens is 11. The van der Waals surface area contributed by atoms with Gasteiger partial charge in [0.05, 0.1) is 63.8 Å². The summed E-state index contributed by atoms with van der Waals surface area (Å²) in [7, 11) is 0. The lowest BCUT2D eigenvalue weighted by molar-refractivity contribution is -0.151. The van der Waals surface area contributed by atoms with E-state index in [1.165, 1.54) is 153 Å². The molecule has 0 amide bonds. The van der Waals surface area contributed by atoms with Crippen LogP contribution in [0.25, 0.3) is 21.9 Å². The van der Waals surface area contributed by atoms with E-state index < -0.39 is 22.4 Å². The number of ketones is 4. The van der Waals surface area contributed by atoms with Crippen molar-refractivity contribution in [1.82, 2.24) is 54.8 Å². The van der Waals surface area contributed by atoms with Gasteiger partial charge in [0.1, 0.15) is 31.0 Å². The van der Waals surface area contributed by atoms with Crippen LogP contribution in [-0.2, 0) is 45.4 Å². The van der Waals surface area contributed by atoms with Crippen LogP contribution in [0.4, 0.5) is 4.39 Å². The van der Waals surface area contributed by atoms with E-state index in [9.17, 15) is 44.0 Å². The fourth-order valence-corrected chi connectivity index (χ4v) is 36.4. The lowest BCUT2D eigenvalue weighted by atomic mass is 9.44. The zero-order valence-corrected chi connectivity index (χ0v) is 81.7. The highest BCUT2D eigenvalue weighted by atomic mass is 19.1. The van der Waals surface area contributed by atoms with Gasteiger partial charge in [-0.1, -0.05) is 77.4 Å². The third-order valence-corrected chi connectivity index (χ3v) is 43.5. The Morgan fingerprint density at radius 3 is 1.13 bits per heavy atom. The molecule has 0 spiro atoms. The summed E-state index contributed by atoms with van der Waals surface area (Å²) in [6.45, 7) is 37.1. The van der Waals surface area contributed by atoms with Gasteiger partial charge in [0.2, 0.25) is 0 Å². The van der Waals surface area contributed by atoms with E-state index in [-0.39, 0.29) is 63.5 Å². The first-order valence-electron chi connectivity index (χ1n) is 52.0. The highest BCUT2D eigenvalue weighted by Crippen LogP contribution is 2.74. The number of rotatable bonds is 12. The Hall–Kier alpha value is -5.96. The van der Waals surface area contributed by atoms with Gasteiger partial charge in [0.25, 0.3) is 0 Å². The van der Waals surface area contributed by atoms with E-state index in [4.69, 9.17) is 5.10 Å². The second-order valence-electron chi connectivity index (χ2n) is 50.8. The Bertz CT molecular complexity index is 5210. The Kier molecular flexibility index (Phi) is 23.7. The minimum Gasteiger partial charge on any atom is -0.390 e. The molecule has 4 N–H and O–H groups in total. The van der Waals surface area contributed by atoms with E-state index in [0.717, 1.165) is 166 Å². The Morgan fingerprint density at radius 1 is 0.388 bits per heavy atom. The number of Topliss-reactive ketones (excluding diaryl/α,β-unsaturated/α-hetero) is 4. The van der Waals surface area contributed by atoms with E-state index in [1.807, 2.05) is 59.3 Å². The summed E-state index contributed by atoms with van der Waals surface area (Å²) >= 11 is 0. The maximum atomic E-state index is 14.1. The summed E-state index contributed by atoms with van der Waals surface area (Å²) in [6.07, 6.45) is 46.5. The molecule has 19 nitrogen and oxygen atoms in total. The molecule has 16 saturated carbocycles. The molecule has 4 aromatic heterocycles. The molecule has 0 bridgehead atoms. The Labute approximate surface area is 768 Å². The minimum absolute atomic E-state index is 0.0408. The van der Waals surface area contributed by atoms with Gasteiger partial charge in [0.15, 0.2) is 23.1 Å². The Morgan fingerprint density at radius 2 is 0.760 bits per heavy atom. The summed E-state index contributed by atoms with van der Waals surface area (Å²) in [5, 5.41) is 73.8. The number of aryl methyl sites for hydroxylation is 4. The van der Waals surface area contributed by atoms with Crippen LogP contribution in [0.15, 0.2) is 48.9 Å². The van der Waals surface area contributed by atoms with Gasteiger partial charge in [-0.2, -0.15) is 20.1 Å². The van der Waals surface area contributed by atoms with Crippen LogP contribution in [0, 0.1) is 195 Å². The first-order chi connectivity index (χ1) is 60.9. The quantitative estimate of drug-likeness (QED) is 0.0888. The summed E-state index contributed by atoms with van der Waals surface area (Å²) < 4.78 is 19.3. The number of benzene rings is 2. The molecule has 706 valence electrons. The van der Waals surface area contributed by atoms with Crippen LogP contribution >= 0.6 is 0 Å². The molecular formula is C109H160FN11O8. The number of fused-ring (bicyclic) bond motifs is 22. The second-order valence-corrected chi connectivity index (χ2v) is 50.8. The predicted octanol–water partition coefficient (Wildman–Crippen LogP) is 21.3. The highest BCUT2D eigenvalue weighted by molar-refractivity contribution is 5.86. The van der Waals surface area contributed by atoms with Crippen molar-refractivity contribution in [3.05, 3.63) is 77.3 Å². The van der Waals surface area contributed by atoms with Crippen LogP contribution in [0.1, 0.15) is 337 Å². The molecule has 2 aromatic carbocycles. The molecule has 16 aliphatic rings. The topological polar surface area (TPSA) is 259 Å². The van der Waals surface area contributed by atoms with Crippen molar-refractivity contribution < 1.29 is 44.0 Å². The Balaban J connectivity index is 0.000000112. The van der Waals surface area contributed by atoms with E-state index >= 15 is 0 Å². The second kappa shape index (κ2) is 33.2. The maximum absolute atomic E-state index is 14.1. The number of carbonyl (C=O) groups is 4. The lowest BCUT2D eigenvalue weighted by Gasteiger charge is -2.61. The molecule has 6 aromatic rings. The van der Waals surface area contributed by atoms with Crippen molar-refractivity contribution in [1.29, 1.82) is 0 Å². The number of carbonyl (C=O) groups excluding carboxylic acids is 4. The molecular weight excluding hydrogens is 1610 g/mol. The van der Waals surface area contributed by atoms with Gasteiger partial charge in [0, 0.05) is 41.3 Å². The molecule has 16 fully saturated rings. The molecule has 4 heterocycles. The van der Waals surface area contributed by atoms with Crippen LogP contribution in [0.3, 0.4) is 0 Å². The van der Waals surface area contributed by atoms with Gasteiger partial charge in [-0.25, -0.2) is 13.8 Å². The third kappa shape index (κ3) is 16.0. The number of hydrogen-bond donors (Lipinski definition) is 4. The van der Waals surface area contributed by atoms with Gasteiger partial charge in [-0.15, -0.1) is 10.2 Å². The molecule has 32 atom stereocenters. The molecule has 20 heteroatoms. The van der Waals surface area contributed by atoms with Crippen LogP contribution in [0.2, 0.25) is 0 Å². The lowest BCUT2D eigenvalue weighted by Crippen LogP contribution is -2.55. The molecule has 0 saturated heterocycles. The molecule has 0 unspecified atom stereocenters. The molecule has 129 heavy (non-hydrogen) atoms. The normalized spacial score (nSPS) is 45.5. The summed E-state index contributed by atoms with van der Waals surface area (Å²) in [5.41, 5.74) is 6.11. The smallest absolute Gasteiger partial charge is 0.159 e. The van der Waals surface area contributed by atoms with E-state index in [0.29, 0.717) is 123 Å². The first kappa shape index (κ1) is 92.1. The van der Waals surface area contributed by atoms with Gasteiger partial charge < -0.3 is 20.4 Å². The molecule has 16 aliphatic carbocycles. The summed E-state index contributed by atoms with van der Waals surface area (Å²) in [5.74, 6) is 12.8. The van der Waals surface area contributed by atoms with Crippen molar-refractivity contribution in [2.75, 3.05) is 0 Å². The largest absolute Gasteiger partial charge is 0.390 e. The van der Waals surface area contributed by atoms with Crippen LogP contribution < -0.4 is 0 Å². The van der Waals surface area contributed by atoms with Crippen molar-refractivity contribution in [3.8, 4) is 0 Å². The van der Waals surface area contributed by atoms with Crippen LogP contribution in [0.5, 0.6) is 0 Å². The molecule has 0 aliphatic heterocycles. The third-order valence-electron chi connectivity index (χ3n) is 43.5. The molecule has 22 rings (SSSR count). The van der Waals surface area contributed by atoms with Crippen molar-refractivity contribution >= 4 is 45.1 Å².